The minimum absolute atomic E-state index is 0.0641. The zero-order valence-electron chi connectivity index (χ0n) is 44.1. The summed E-state index contributed by atoms with van der Waals surface area (Å²) in [6.45, 7) is 13.8. The van der Waals surface area contributed by atoms with Crippen LogP contribution in [0.5, 0.6) is 0 Å². The molecule has 0 aliphatic carbocycles. The van der Waals surface area contributed by atoms with Crippen LogP contribution in [-0.2, 0) is 28.6 Å². The first-order valence-corrected chi connectivity index (χ1v) is 28.6. The first kappa shape index (κ1) is 62.4. The van der Waals surface area contributed by atoms with Gasteiger partial charge in [0, 0.05) is 19.3 Å². The SMILES string of the molecule is CCC(C)CCCCCCCCCCCCCCCCC(=O)OC[C@H](COC(=O)CCCCCCCCCC(C)C)OC(=O)CCCCCCCCCCCCCCCCCC(C)C. The van der Waals surface area contributed by atoms with Gasteiger partial charge in [0.15, 0.2) is 6.10 Å². The Bertz CT molecular complexity index is 993. The minimum atomic E-state index is -0.763. The van der Waals surface area contributed by atoms with E-state index in [9.17, 15) is 14.4 Å². The molecule has 0 spiro atoms. The van der Waals surface area contributed by atoms with Crippen LogP contribution in [0.4, 0.5) is 0 Å². The number of carbonyl (C=O) groups is 3. The molecular weight excluding hydrogens is 793 g/mol. The van der Waals surface area contributed by atoms with Crippen LogP contribution in [0.25, 0.3) is 0 Å². The van der Waals surface area contributed by atoms with Gasteiger partial charge in [-0.3, -0.25) is 14.4 Å². The van der Waals surface area contributed by atoms with Crippen LogP contribution in [-0.4, -0.2) is 37.2 Å². The number of carbonyl (C=O) groups excluding carboxylic acids is 3. The lowest BCUT2D eigenvalue weighted by molar-refractivity contribution is -0.167. The molecule has 0 aromatic carbocycles. The summed E-state index contributed by atoms with van der Waals surface area (Å²) in [7, 11) is 0. The molecule has 0 fully saturated rings. The van der Waals surface area contributed by atoms with Gasteiger partial charge < -0.3 is 14.2 Å². The minimum Gasteiger partial charge on any atom is -0.462 e. The van der Waals surface area contributed by atoms with Crippen LogP contribution >= 0.6 is 0 Å². The number of unbranched alkanes of at least 4 members (excludes halogenated alkanes) is 33. The lowest BCUT2D eigenvalue weighted by Crippen LogP contribution is -2.30. The fourth-order valence-electron chi connectivity index (χ4n) is 8.79. The predicted molar refractivity (Wildman–Crippen MR) is 275 cm³/mol. The Kier molecular flexibility index (Phi) is 48.1. The summed E-state index contributed by atoms with van der Waals surface area (Å²) >= 11 is 0. The van der Waals surface area contributed by atoms with Gasteiger partial charge in [-0.1, -0.05) is 279 Å². The molecule has 0 radical (unpaired) electrons. The van der Waals surface area contributed by atoms with E-state index in [4.69, 9.17) is 14.2 Å². The van der Waals surface area contributed by atoms with Crippen LogP contribution < -0.4 is 0 Å². The van der Waals surface area contributed by atoms with Crippen LogP contribution in [0.2, 0.25) is 0 Å². The molecule has 380 valence electrons. The van der Waals surface area contributed by atoms with E-state index in [2.05, 4.69) is 41.5 Å². The molecule has 64 heavy (non-hydrogen) atoms. The maximum atomic E-state index is 12.8. The lowest BCUT2D eigenvalue weighted by Gasteiger charge is -2.18. The molecule has 6 heteroatoms. The summed E-state index contributed by atoms with van der Waals surface area (Å²) in [5, 5.41) is 0. The van der Waals surface area contributed by atoms with E-state index in [0.717, 1.165) is 75.5 Å². The van der Waals surface area contributed by atoms with Crippen molar-refractivity contribution in [3.8, 4) is 0 Å². The second-order valence-electron chi connectivity index (χ2n) is 21.1. The topological polar surface area (TPSA) is 78.9 Å². The molecule has 0 aromatic heterocycles. The summed E-state index contributed by atoms with van der Waals surface area (Å²) in [6.07, 6.45) is 51.0. The summed E-state index contributed by atoms with van der Waals surface area (Å²) in [4.78, 5) is 38.1. The molecular formula is C58H112O6. The maximum absolute atomic E-state index is 12.8. The van der Waals surface area contributed by atoms with Gasteiger partial charge in [0.05, 0.1) is 0 Å². The van der Waals surface area contributed by atoms with Crippen molar-refractivity contribution < 1.29 is 28.6 Å². The van der Waals surface area contributed by atoms with Crippen LogP contribution in [0.1, 0.15) is 318 Å². The highest BCUT2D eigenvalue weighted by atomic mass is 16.6. The second-order valence-corrected chi connectivity index (χ2v) is 21.1. The highest BCUT2D eigenvalue weighted by molar-refractivity contribution is 5.71. The molecule has 0 saturated heterocycles. The highest BCUT2D eigenvalue weighted by Gasteiger charge is 2.19. The predicted octanol–water partition coefficient (Wildman–Crippen LogP) is 18.7. The average molecular weight is 906 g/mol. The van der Waals surface area contributed by atoms with Gasteiger partial charge in [-0.05, 0) is 37.0 Å². The number of rotatable bonds is 51. The Morgan fingerprint density at radius 3 is 0.812 bits per heavy atom. The molecule has 0 rings (SSSR count). The lowest BCUT2D eigenvalue weighted by atomic mass is 9.99. The average Bonchev–Trinajstić information content (AvgIpc) is 3.27. The quantitative estimate of drug-likeness (QED) is 0.0344. The zero-order valence-corrected chi connectivity index (χ0v) is 44.1. The molecule has 1 unspecified atom stereocenters. The van der Waals surface area contributed by atoms with Crippen molar-refractivity contribution in [2.75, 3.05) is 13.2 Å². The van der Waals surface area contributed by atoms with Crippen LogP contribution in [0.15, 0.2) is 0 Å². The van der Waals surface area contributed by atoms with Crippen molar-refractivity contribution in [3.63, 3.8) is 0 Å². The van der Waals surface area contributed by atoms with Crippen molar-refractivity contribution in [3.05, 3.63) is 0 Å². The Labute approximate surface area is 399 Å². The zero-order chi connectivity index (χ0) is 47.0. The van der Waals surface area contributed by atoms with E-state index >= 15 is 0 Å². The van der Waals surface area contributed by atoms with Crippen molar-refractivity contribution in [2.24, 2.45) is 17.8 Å². The third kappa shape index (κ3) is 49.8. The summed E-state index contributed by atoms with van der Waals surface area (Å²) < 4.78 is 16.9. The normalized spacial score (nSPS) is 12.6. The number of esters is 3. The molecule has 0 amide bonds. The van der Waals surface area contributed by atoms with E-state index < -0.39 is 6.10 Å². The number of hydrogen-bond acceptors (Lipinski definition) is 6. The standard InChI is InChI=1S/C58H112O6/c1-7-54(6)46-40-34-28-22-18-14-11-12-15-19-23-29-35-41-47-56(59)62-50-55(51-63-57(60)48-42-36-31-25-27-33-39-45-53(4)5)64-58(61)49-43-37-30-24-20-16-10-8-9-13-17-21-26-32-38-44-52(2)3/h52-55H,7-51H2,1-6H3/t54?,55-/m1/s1. The first-order valence-electron chi connectivity index (χ1n) is 28.6. The van der Waals surface area contributed by atoms with Gasteiger partial charge in [0.1, 0.15) is 13.2 Å². The van der Waals surface area contributed by atoms with E-state index in [1.165, 1.54) is 199 Å². The molecule has 6 nitrogen and oxygen atoms in total. The van der Waals surface area contributed by atoms with Gasteiger partial charge >= 0.3 is 17.9 Å². The Morgan fingerprint density at radius 1 is 0.312 bits per heavy atom. The van der Waals surface area contributed by atoms with Gasteiger partial charge in [-0.15, -0.1) is 0 Å². The molecule has 0 N–H and O–H groups in total. The molecule has 0 heterocycles. The van der Waals surface area contributed by atoms with Crippen LogP contribution in [0.3, 0.4) is 0 Å². The van der Waals surface area contributed by atoms with Gasteiger partial charge in [0.2, 0.25) is 0 Å². The van der Waals surface area contributed by atoms with Crippen molar-refractivity contribution in [1.82, 2.24) is 0 Å². The molecule has 0 aliphatic rings. The second kappa shape index (κ2) is 49.3. The van der Waals surface area contributed by atoms with Crippen molar-refractivity contribution in [1.29, 1.82) is 0 Å². The number of hydrogen-bond donors (Lipinski definition) is 0. The largest absolute Gasteiger partial charge is 0.462 e. The Morgan fingerprint density at radius 2 is 0.547 bits per heavy atom. The van der Waals surface area contributed by atoms with Gasteiger partial charge in [-0.2, -0.15) is 0 Å². The molecule has 2 atom stereocenters. The van der Waals surface area contributed by atoms with Gasteiger partial charge in [-0.25, -0.2) is 0 Å². The molecule has 0 aromatic rings. The fourth-order valence-corrected chi connectivity index (χ4v) is 8.79. The molecule has 0 bridgehead atoms. The third-order valence-electron chi connectivity index (χ3n) is 13.5. The van der Waals surface area contributed by atoms with Crippen LogP contribution in [0, 0.1) is 17.8 Å². The monoisotopic (exact) mass is 905 g/mol. The Hall–Kier alpha value is -1.59. The maximum Gasteiger partial charge on any atom is 0.306 e. The molecule has 0 saturated carbocycles. The summed E-state index contributed by atoms with van der Waals surface area (Å²) in [6, 6.07) is 0. The van der Waals surface area contributed by atoms with E-state index in [-0.39, 0.29) is 31.1 Å². The summed E-state index contributed by atoms with van der Waals surface area (Å²) in [5.41, 5.74) is 0. The fraction of sp³-hybridized carbons (Fsp3) is 0.948. The molecule has 0 aliphatic heterocycles. The first-order chi connectivity index (χ1) is 31.1. The van der Waals surface area contributed by atoms with Crippen molar-refractivity contribution >= 4 is 17.9 Å². The van der Waals surface area contributed by atoms with E-state index in [0.29, 0.717) is 19.3 Å². The summed E-state index contributed by atoms with van der Waals surface area (Å²) in [5.74, 6) is 1.68. The Balaban J connectivity index is 4.25. The van der Waals surface area contributed by atoms with Crippen molar-refractivity contribution in [2.45, 2.75) is 324 Å². The third-order valence-corrected chi connectivity index (χ3v) is 13.5. The smallest absolute Gasteiger partial charge is 0.306 e. The van der Waals surface area contributed by atoms with E-state index in [1.54, 1.807) is 0 Å². The number of ether oxygens (including phenoxy) is 3. The highest BCUT2D eigenvalue weighted by Crippen LogP contribution is 2.19. The van der Waals surface area contributed by atoms with Gasteiger partial charge in [0.25, 0.3) is 0 Å². The van der Waals surface area contributed by atoms with E-state index in [1.807, 2.05) is 0 Å².